The molecular weight excluding hydrogens is 288 g/mol. The van der Waals surface area contributed by atoms with Crippen LogP contribution in [-0.2, 0) is 6.54 Å². The van der Waals surface area contributed by atoms with Gasteiger partial charge in [-0.05, 0) is 63.2 Å². The summed E-state index contributed by atoms with van der Waals surface area (Å²) in [6.45, 7) is 4.23. The van der Waals surface area contributed by atoms with Gasteiger partial charge in [0.15, 0.2) is 5.65 Å². The molecular formula is C18H22N4O. The van der Waals surface area contributed by atoms with Gasteiger partial charge in [-0.3, -0.25) is 9.20 Å². The van der Waals surface area contributed by atoms with E-state index in [1.165, 1.54) is 32.4 Å². The lowest BCUT2D eigenvalue weighted by Gasteiger charge is -2.26. The minimum Gasteiger partial charge on any atom is -0.304 e. The smallest absolute Gasteiger partial charge is 0.275 e. The van der Waals surface area contributed by atoms with Gasteiger partial charge in [0.05, 0.1) is 5.52 Å². The second-order valence-corrected chi connectivity index (χ2v) is 6.32. The number of hydrogen-bond donors (Lipinski definition) is 0. The maximum absolute atomic E-state index is 12.8. The molecule has 0 saturated carbocycles. The van der Waals surface area contributed by atoms with Crippen molar-refractivity contribution in [2.24, 2.45) is 0 Å². The molecule has 1 aliphatic rings. The fraction of sp³-hybridized carbons (Fsp3) is 0.444. The number of hydrogen-bond acceptors (Lipinski definition) is 3. The first-order valence-corrected chi connectivity index (χ1v) is 8.51. The molecule has 0 bridgehead atoms. The SMILES string of the molecule is O=c1c2cccn2c2ncccc2n1CCCN1CCCCC1. The maximum atomic E-state index is 12.8. The number of pyridine rings is 1. The van der Waals surface area contributed by atoms with E-state index in [0.29, 0.717) is 5.52 Å². The summed E-state index contributed by atoms with van der Waals surface area (Å²) in [5.74, 6) is 0. The summed E-state index contributed by atoms with van der Waals surface area (Å²) in [4.78, 5) is 19.8. The van der Waals surface area contributed by atoms with Crippen LogP contribution in [0.15, 0.2) is 41.5 Å². The molecule has 0 aliphatic carbocycles. The zero-order valence-electron chi connectivity index (χ0n) is 13.3. The fourth-order valence-electron chi connectivity index (χ4n) is 3.63. The number of aromatic nitrogens is 3. The Hall–Kier alpha value is -2.14. The van der Waals surface area contributed by atoms with Gasteiger partial charge in [0.25, 0.3) is 5.56 Å². The zero-order valence-corrected chi connectivity index (χ0v) is 13.3. The lowest BCUT2D eigenvalue weighted by atomic mass is 10.1. The number of fused-ring (bicyclic) bond motifs is 3. The molecule has 5 heteroatoms. The standard InChI is InChI=1S/C18H22N4O/c23-18-16-8-5-13-21(16)17-15(7-4-9-19-17)22(18)14-6-12-20-10-2-1-3-11-20/h4-5,7-9,13H,1-3,6,10-12,14H2. The Morgan fingerprint density at radius 1 is 1.00 bits per heavy atom. The lowest BCUT2D eigenvalue weighted by molar-refractivity contribution is 0.223. The van der Waals surface area contributed by atoms with Gasteiger partial charge in [0.2, 0.25) is 0 Å². The van der Waals surface area contributed by atoms with Crippen molar-refractivity contribution < 1.29 is 0 Å². The van der Waals surface area contributed by atoms with Crippen LogP contribution in [0.4, 0.5) is 0 Å². The zero-order chi connectivity index (χ0) is 15.6. The van der Waals surface area contributed by atoms with E-state index in [-0.39, 0.29) is 5.56 Å². The molecule has 0 radical (unpaired) electrons. The Labute approximate surface area is 135 Å². The Bertz CT molecular complexity index is 873. The molecule has 4 heterocycles. The van der Waals surface area contributed by atoms with Gasteiger partial charge in [0, 0.05) is 18.9 Å². The second kappa shape index (κ2) is 6.16. The minimum absolute atomic E-state index is 0.0779. The molecule has 1 aliphatic heterocycles. The fourth-order valence-corrected chi connectivity index (χ4v) is 3.63. The first kappa shape index (κ1) is 14.5. The summed E-state index contributed by atoms with van der Waals surface area (Å²) in [5, 5.41) is 0. The van der Waals surface area contributed by atoms with Crippen molar-refractivity contribution in [2.45, 2.75) is 32.2 Å². The first-order chi connectivity index (χ1) is 11.3. The van der Waals surface area contributed by atoms with E-state index in [4.69, 9.17) is 0 Å². The molecule has 120 valence electrons. The Morgan fingerprint density at radius 3 is 2.70 bits per heavy atom. The van der Waals surface area contributed by atoms with E-state index in [1.54, 1.807) is 6.20 Å². The highest BCUT2D eigenvalue weighted by Gasteiger charge is 2.12. The minimum atomic E-state index is 0.0779. The van der Waals surface area contributed by atoms with Gasteiger partial charge in [-0.15, -0.1) is 0 Å². The van der Waals surface area contributed by atoms with Crippen molar-refractivity contribution in [1.82, 2.24) is 18.9 Å². The van der Waals surface area contributed by atoms with E-state index < -0.39 is 0 Å². The highest BCUT2D eigenvalue weighted by molar-refractivity contribution is 5.74. The summed E-state index contributed by atoms with van der Waals surface area (Å²) in [6.07, 6.45) is 8.66. The van der Waals surface area contributed by atoms with E-state index in [9.17, 15) is 4.79 Å². The molecule has 0 amide bonds. The molecule has 3 aromatic heterocycles. The first-order valence-electron chi connectivity index (χ1n) is 8.51. The summed E-state index contributed by atoms with van der Waals surface area (Å²) in [6, 6.07) is 7.67. The van der Waals surface area contributed by atoms with Crippen LogP contribution in [-0.4, -0.2) is 38.5 Å². The van der Waals surface area contributed by atoms with Crippen molar-refractivity contribution >= 4 is 16.7 Å². The molecule has 0 N–H and O–H groups in total. The number of likely N-dealkylation sites (tertiary alicyclic amines) is 1. The molecule has 1 saturated heterocycles. The topological polar surface area (TPSA) is 42.5 Å². The molecule has 5 nitrogen and oxygen atoms in total. The van der Waals surface area contributed by atoms with Gasteiger partial charge in [-0.25, -0.2) is 4.98 Å². The van der Waals surface area contributed by atoms with Crippen LogP contribution in [0.3, 0.4) is 0 Å². The van der Waals surface area contributed by atoms with Gasteiger partial charge in [0.1, 0.15) is 5.52 Å². The number of rotatable bonds is 4. The maximum Gasteiger partial charge on any atom is 0.275 e. The lowest BCUT2D eigenvalue weighted by Crippen LogP contribution is -2.32. The predicted molar refractivity (Wildman–Crippen MR) is 91.9 cm³/mol. The number of aryl methyl sites for hydroxylation is 1. The summed E-state index contributed by atoms with van der Waals surface area (Å²) < 4.78 is 3.78. The van der Waals surface area contributed by atoms with Crippen LogP contribution in [0, 0.1) is 0 Å². The van der Waals surface area contributed by atoms with Crippen molar-refractivity contribution in [3.05, 3.63) is 47.0 Å². The average Bonchev–Trinajstić information content (AvgIpc) is 3.09. The monoisotopic (exact) mass is 310 g/mol. The van der Waals surface area contributed by atoms with Gasteiger partial charge in [-0.1, -0.05) is 6.42 Å². The Kier molecular flexibility index (Phi) is 3.87. The Morgan fingerprint density at radius 2 is 1.83 bits per heavy atom. The van der Waals surface area contributed by atoms with E-state index >= 15 is 0 Å². The third kappa shape index (κ3) is 2.65. The second-order valence-electron chi connectivity index (χ2n) is 6.32. The molecule has 0 atom stereocenters. The molecule has 23 heavy (non-hydrogen) atoms. The highest BCUT2D eigenvalue weighted by Crippen LogP contribution is 2.14. The predicted octanol–water partition coefficient (Wildman–Crippen LogP) is 2.53. The third-order valence-electron chi connectivity index (χ3n) is 4.80. The average molecular weight is 310 g/mol. The number of piperidine rings is 1. The Balaban J connectivity index is 1.64. The largest absolute Gasteiger partial charge is 0.304 e. The summed E-state index contributed by atoms with van der Waals surface area (Å²) in [5.41, 5.74) is 2.55. The van der Waals surface area contributed by atoms with Crippen LogP contribution < -0.4 is 5.56 Å². The molecule has 3 aromatic rings. The third-order valence-corrected chi connectivity index (χ3v) is 4.80. The molecule has 4 rings (SSSR count). The van der Waals surface area contributed by atoms with Crippen LogP contribution in [0.1, 0.15) is 25.7 Å². The van der Waals surface area contributed by atoms with E-state index in [1.807, 2.05) is 39.4 Å². The van der Waals surface area contributed by atoms with Gasteiger partial charge in [-0.2, -0.15) is 0 Å². The van der Waals surface area contributed by atoms with E-state index in [0.717, 1.165) is 30.7 Å². The molecule has 0 unspecified atom stereocenters. The quantitative estimate of drug-likeness (QED) is 0.743. The summed E-state index contributed by atoms with van der Waals surface area (Å²) >= 11 is 0. The highest BCUT2D eigenvalue weighted by atomic mass is 16.1. The molecule has 0 aromatic carbocycles. The van der Waals surface area contributed by atoms with Crippen LogP contribution in [0.2, 0.25) is 0 Å². The molecule has 1 fully saturated rings. The summed E-state index contributed by atoms with van der Waals surface area (Å²) in [7, 11) is 0. The van der Waals surface area contributed by atoms with Crippen molar-refractivity contribution in [3.63, 3.8) is 0 Å². The molecule has 0 spiro atoms. The van der Waals surface area contributed by atoms with Crippen molar-refractivity contribution in [1.29, 1.82) is 0 Å². The number of nitrogens with zero attached hydrogens (tertiary/aromatic N) is 4. The van der Waals surface area contributed by atoms with Gasteiger partial charge >= 0.3 is 0 Å². The van der Waals surface area contributed by atoms with Crippen LogP contribution in [0.5, 0.6) is 0 Å². The normalized spacial score (nSPS) is 16.3. The van der Waals surface area contributed by atoms with Crippen molar-refractivity contribution in [3.8, 4) is 0 Å². The van der Waals surface area contributed by atoms with Gasteiger partial charge < -0.3 is 9.47 Å². The van der Waals surface area contributed by atoms with Crippen LogP contribution >= 0.6 is 0 Å². The van der Waals surface area contributed by atoms with E-state index in [2.05, 4.69) is 9.88 Å². The van der Waals surface area contributed by atoms with Crippen molar-refractivity contribution in [2.75, 3.05) is 19.6 Å². The van der Waals surface area contributed by atoms with Crippen LogP contribution in [0.25, 0.3) is 16.7 Å².